The van der Waals surface area contributed by atoms with E-state index in [1.807, 2.05) is 0 Å². The minimum Gasteiger partial charge on any atom is -0.325 e. The Labute approximate surface area is 101 Å². The van der Waals surface area contributed by atoms with Crippen molar-refractivity contribution in [1.29, 1.82) is 0 Å². The fourth-order valence-electron chi connectivity index (χ4n) is 1.44. The Kier molecular flexibility index (Phi) is 3.03. The van der Waals surface area contributed by atoms with Gasteiger partial charge in [0.1, 0.15) is 0 Å². The highest BCUT2D eigenvalue weighted by atomic mass is 35.5. The number of amides is 1. The molecule has 6 heteroatoms. The van der Waals surface area contributed by atoms with Crippen molar-refractivity contribution < 1.29 is 18.0 Å². The van der Waals surface area contributed by atoms with Gasteiger partial charge in [0.15, 0.2) is 0 Å². The van der Waals surface area contributed by atoms with E-state index in [4.69, 9.17) is 11.6 Å². The van der Waals surface area contributed by atoms with Gasteiger partial charge in [-0.05, 0) is 31.0 Å². The summed E-state index contributed by atoms with van der Waals surface area (Å²) in [5.41, 5.74) is -1.15. The molecule has 0 unspecified atom stereocenters. The lowest BCUT2D eigenvalue weighted by molar-refractivity contribution is -0.137. The summed E-state index contributed by atoms with van der Waals surface area (Å²) in [4.78, 5) is 11.4. The van der Waals surface area contributed by atoms with Gasteiger partial charge in [-0.3, -0.25) is 4.79 Å². The molecular weight excluding hydrogens is 255 g/mol. The number of hydrogen-bond acceptors (Lipinski definition) is 1. The maximum absolute atomic E-state index is 12.7. The second kappa shape index (κ2) is 4.22. The highest BCUT2D eigenvalue weighted by Gasteiger charge is 2.36. The van der Waals surface area contributed by atoms with Gasteiger partial charge in [0.2, 0.25) is 5.91 Å². The summed E-state index contributed by atoms with van der Waals surface area (Å²) in [6, 6.07) is 3.30. The van der Waals surface area contributed by atoms with Crippen LogP contribution in [0.25, 0.3) is 0 Å². The average molecular weight is 264 g/mol. The summed E-state index contributed by atoms with van der Waals surface area (Å²) in [5, 5.41) is 2.28. The molecular formula is C11H9ClF3NO. The Morgan fingerprint density at radius 3 is 2.53 bits per heavy atom. The second-order valence-corrected chi connectivity index (χ2v) is 4.39. The highest BCUT2D eigenvalue weighted by molar-refractivity contribution is 6.30. The molecule has 0 aromatic heterocycles. The monoisotopic (exact) mass is 263 g/mol. The van der Waals surface area contributed by atoms with Crippen LogP contribution in [-0.2, 0) is 11.0 Å². The minimum absolute atomic E-state index is 0.0123. The van der Waals surface area contributed by atoms with Crippen LogP contribution in [0.5, 0.6) is 0 Å². The van der Waals surface area contributed by atoms with Crippen molar-refractivity contribution in [3.8, 4) is 0 Å². The van der Waals surface area contributed by atoms with Crippen LogP contribution in [0.2, 0.25) is 5.02 Å². The third-order valence-electron chi connectivity index (χ3n) is 2.49. The number of carbonyl (C=O) groups is 1. The van der Waals surface area contributed by atoms with Crippen LogP contribution in [0.4, 0.5) is 18.9 Å². The molecule has 1 fully saturated rings. The van der Waals surface area contributed by atoms with Crippen LogP contribution in [0.3, 0.4) is 0 Å². The van der Waals surface area contributed by atoms with Crippen LogP contribution in [0.1, 0.15) is 18.4 Å². The number of alkyl halides is 3. The molecule has 0 heterocycles. The summed E-state index contributed by atoms with van der Waals surface area (Å²) in [6.45, 7) is 0. The van der Waals surface area contributed by atoms with Crippen LogP contribution >= 0.6 is 11.6 Å². The molecule has 17 heavy (non-hydrogen) atoms. The van der Waals surface area contributed by atoms with E-state index in [0.717, 1.165) is 18.9 Å². The van der Waals surface area contributed by atoms with E-state index in [1.165, 1.54) is 12.1 Å². The molecule has 1 aromatic rings. The molecule has 2 rings (SSSR count). The van der Waals surface area contributed by atoms with Crippen molar-refractivity contribution in [2.75, 3.05) is 5.32 Å². The molecule has 92 valence electrons. The maximum atomic E-state index is 12.7. The Balaban J connectivity index is 2.28. The van der Waals surface area contributed by atoms with E-state index in [-0.39, 0.29) is 22.5 Å². The zero-order chi connectivity index (χ0) is 12.6. The van der Waals surface area contributed by atoms with E-state index >= 15 is 0 Å². The molecule has 2 nitrogen and oxygen atoms in total. The van der Waals surface area contributed by atoms with E-state index in [1.54, 1.807) is 0 Å². The molecule has 1 aromatic carbocycles. The Morgan fingerprint density at radius 1 is 1.35 bits per heavy atom. The first kappa shape index (κ1) is 12.2. The zero-order valence-electron chi connectivity index (χ0n) is 8.64. The van der Waals surface area contributed by atoms with Gasteiger partial charge in [0, 0.05) is 10.9 Å². The SMILES string of the molecule is O=C(Nc1ccc(Cl)cc1C(F)(F)F)C1CC1. The Hall–Kier alpha value is -1.23. The van der Waals surface area contributed by atoms with Gasteiger partial charge in [0.05, 0.1) is 11.3 Å². The molecule has 0 bridgehead atoms. The summed E-state index contributed by atoms with van der Waals surface area (Å²) in [5.74, 6) is -0.510. The predicted octanol–water partition coefficient (Wildman–Crippen LogP) is 3.71. The topological polar surface area (TPSA) is 29.1 Å². The van der Waals surface area contributed by atoms with Gasteiger partial charge in [-0.25, -0.2) is 0 Å². The van der Waals surface area contributed by atoms with Gasteiger partial charge >= 0.3 is 6.18 Å². The average Bonchev–Trinajstić information content (AvgIpc) is 3.02. The number of halogens is 4. The van der Waals surface area contributed by atoms with E-state index in [9.17, 15) is 18.0 Å². The summed E-state index contributed by atoms with van der Waals surface area (Å²) in [6.07, 6.45) is -3.06. The Morgan fingerprint density at radius 2 is 2.00 bits per heavy atom. The molecule has 0 atom stereocenters. The first-order valence-electron chi connectivity index (χ1n) is 5.05. The second-order valence-electron chi connectivity index (χ2n) is 3.95. The smallest absolute Gasteiger partial charge is 0.325 e. The van der Waals surface area contributed by atoms with Crippen molar-refractivity contribution in [3.63, 3.8) is 0 Å². The molecule has 0 saturated heterocycles. The van der Waals surface area contributed by atoms with E-state index < -0.39 is 11.7 Å². The third-order valence-corrected chi connectivity index (χ3v) is 2.73. The van der Waals surface area contributed by atoms with Gasteiger partial charge in [-0.1, -0.05) is 11.6 Å². The molecule has 0 spiro atoms. The van der Waals surface area contributed by atoms with Crippen LogP contribution in [0, 0.1) is 5.92 Å². The molecule has 0 aliphatic heterocycles. The van der Waals surface area contributed by atoms with Crippen molar-refractivity contribution in [2.24, 2.45) is 5.92 Å². The normalized spacial score (nSPS) is 15.8. The molecule has 1 saturated carbocycles. The van der Waals surface area contributed by atoms with Gasteiger partial charge < -0.3 is 5.32 Å². The maximum Gasteiger partial charge on any atom is 0.418 e. The molecule has 1 aliphatic carbocycles. The van der Waals surface area contributed by atoms with Gasteiger partial charge in [0.25, 0.3) is 0 Å². The predicted molar refractivity (Wildman–Crippen MR) is 57.8 cm³/mol. The third kappa shape index (κ3) is 2.91. The number of hydrogen-bond donors (Lipinski definition) is 1. The van der Waals surface area contributed by atoms with Crippen molar-refractivity contribution in [2.45, 2.75) is 19.0 Å². The minimum atomic E-state index is -4.53. The zero-order valence-corrected chi connectivity index (χ0v) is 9.40. The lowest BCUT2D eigenvalue weighted by atomic mass is 10.1. The van der Waals surface area contributed by atoms with E-state index in [0.29, 0.717) is 0 Å². The van der Waals surface area contributed by atoms with Crippen molar-refractivity contribution >= 4 is 23.2 Å². The summed E-state index contributed by atoms with van der Waals surface area (Å²) in [7, 11) is 0. The van der Waals surface area contributed by atoms with Crippen LogP contribution in [0.15, 0.2) is 18.2 Å². The highest BCUT2D eigenvalue weighted by Crippen LogP contribution is 2.37. The fraction of sp³-hybridized carbons (Fsp3) is 0.364. The standard InChI is InChI=1S/C11H9ClF3NO/c12-7-3-4-9(8(5-7)11(13,14)15)16-10(17)6-1-2-6/h3-6H,1-2H2,(H,16,17). The lowest BCUT2D eigenvalue weighted by Gasteiger charge is -2.13. The van der Waals surface area contributed by atoms with Gasteiger partial charge in [-0.2, -0.15) is 13.2 Å². The van der Waals surface area contributed by atoms with Crippen molar-refractivity contribution in [1.82, 2.24) is 0 Å². The van der Waals surface area contributed by atoms with E-state index in [2.05, 4.69) is 5.32 Å². The molecule has 1 amide bonds. The fourth-order valence-corrected chi connectivity index (χ4v) is 1.61. The number of rotatable bonds is 2. The van der Waals surface area contributed by atoms with Gasteiger partial charge in [-0.15, -0.1) is 0 Å². The summed E-state index contributed by atoms with van der Waals surface area (Å²) >= 11 is 5.52. The number of carbonyl (C=O) groups excluding carboxylic acids is 1. The molecule has 1 aliphatic rings. The van der Waals surface area contributed by atoms with Crippen LogP contribution < -0.4 is 5.32 Å². The first-order valence-corrected chi connectivity index (χ1v) is 5.43. The largest absolute Gasteiger partial charge is 0.418 e. The number of benzene rings is 1. The first-order chi connectivity index (χ1) is 7.88. The Bertz CT molecular complexity index is 455. The number of anilines is 1. The van der Waals surface area contributed by atoms with Crippen LogP contribution in [-0.4, -0.2) is 5.91 Å². The lowest BCUT2D eigenvalue weighted by Crippen LogP contribution is -2.17. The molecule has 1 N–H and O–H groups in total. The summed E-state index contributed by atoms with van der Waals surface area (Å²) < 4.78 is 38.1. The quantitative estimate of drug-likeness (QED) is 0.866. The van der Waals surface area contributed by atoms with Crippen molar-refractivity contribution in [3.05, 3.63) is 28.8 Å². The number of nitrogens with one attached hydrogen (secondary N) is 1. The molecule has 0 radical (unpaired) electrons.